The van der Waals surface area contributed by atoms with Gasteiger partial charge in [-0.3, -0.25) is 9.59 Å². The molecule has 4 atom stereocenters. The van der Waals surface area contributed by atoms with Crippen molar-refractivity contribution in [2.24, 2.45) is 23.7 Å². The molecule has 2 heterocycles. The Bertz CT molecular complexity index is 841. The van der Waals surface area contributed by atoms with Gasteiger partial charge in [-0.15, -0.1) is 0 Å². The van der Waals surface area contributed by atoms with Crippen molar-refractivity contribution < 1.29 is 19.5 Å². The molecule has 0 unspecified atom stereocenters. The second-order valence-electron chi connectivity index (χ2n) is 8.07. The zero-order chi connectivity index (χ0) is 18.7. The van der Waals surface area contributed by atoms with Crippen molar-refractivity contribution in [3.05, 3.63) is 35.9 Å². The lowest BCUT2D eigenvalue weighted by Crippen LogP contribution is -2.36. The minimum atomic E-state index is -1.05. The van der Waals surface area contributed by atoms with Crippen LogP contribution in [0.4, 0.5) is 11.4 Å². The van der Waals surface area contributed by atoms with Gasteiger partial charge in [-0.25, -0.2) is 9.69 Å². The molecule has 0 aromatic heterocycles. The second-order valence-corrected chi connectivity index (χ2v) is 8.07. The number of carbonyl (C=O) groups excluding carboxylic acids is 2. The van der Waals surface area contributed by atoms with Gasteiger partial charge in [0.05, 0.1) is 28.8 Å². The number of anilines is 2. The number of benzene rings is 1. The van der Waals surface area contributed by atoms with E-state index in [0.29, 0.717) is 5.69 Å². The van der Waals surface area contributed by atoms with Gasteiger partial charge in [0.15, 0.2) is 0 Å². The number of hydrogen-bond donors (Lipinski definition) is 1. The standard InChI is InChI=1S/C21H22N2O4/c24-19-17-12-4-5-13(10-12)18(17)20(25)23(19)16-11-14(21(26)27)6-7-15(16)22-8-2-1-3-9-22/h4-7,11-13,17-18H,1-3,8-10H2,(H,26,27)/t12-,13+,17-,18-/m0/s1. The number of nitrogens with zero attached hydrogens (tertiary/aromatic N) is 2. The van der Waals surface area contributed by atoms with Gasteiger partial charge >= 0.3 is 5.97 Å². The summed E-state index contributed by atoms with van der Waals surface area (Å²) in [5, 5.41) is 9.43. The molecule has 140 valence electrons. The van der Waals surface area contributed by atoms with Crippen LogP contribution < -0.4 is 9.80 Å². The molecule has 1 saturated carbocycles. The van der Waals surface area contributed by atoms with Crippen LogP contribution in [0.2, 0.25) is 0 Å². The van der Waals surface area contributed by atoms with E-state index >= 15 is 0 Å². The maximum absolute atomic E-state index is 13.2. The number of fused-ring (bicyclic) bond motifs is 5. The fourth-order valence-corrected chi connectivity index (χ4v) is 5.38. The van der Waals surface area contributed by atoms with Crippen LogP contribution in [0.3, 0.4) is 0 Å². The number of carbonyl (C=O) groups is 3. The van der Waals surface area contributed by atoms with Gasteiger partial charge in [0.2, 0.25) is 11.8 Å². The predicted molar refractivity (Wildman–Crippen MR) is 99.7 cm³/mol. The Morgan fingerprint density at radius 3 is 2.15 bits per heavy atom. The van der Waals surface area contributed by atoms with Crippen LogP contribution in [-0.4, -0.2) is 36.0 Å². The van der Waals surface area contributed by atoms with Crippen molar-refractivity contribution in [3.63, 3.8) is 0 Å². The number of amides is 2. The third kappa shape index (κ3) is 2.35. The van der Waals surface area contributed by atoms with Crippen molar-refractivity contribution in [1.82, 2.24) is 0 Å². The number of rotatable bonds is 3. The highest BCUT2D eigenvalue weighted by Crippen LogP contribution is 2.54. The normalized spacial score (nSPS) is 31.7. The summed E-state index contributed by atoms with van der Waals surface area (Å²) in [5.74, 6) is -1.66. The maximum atomic E-state index is 13.2. The molecule has 2 aliphatic carbocycles. The molecule has 6 heteroatoms. The maximum Gasteiger partial charge on any atom is 0.335 e. The largest absolute Gasteiger partial charge is 0.478 e. The summed E-state index contributed by atoms with van der Waals surface area (Å²) in [7, 11) is 0. The lowest BCUT2D eigenvalue weighted by Gasteiger charge is -2.32. The first kappa shape index (κ1) is 16.5. The molecule has 1 aromatic carbocycles. The quantitative estimate of drug-likeness (QED) is 0.657. The Kier molecular flexibility index (Phi) is 3.64. The molecule has 2 saturated heterocycles. The molecule has 3 fully saturated rings. The van der Waals surface area contributed by atoms with Gasteiger partial charge in [-0.2, -0.15) is 0 Å². The number of hydrogen-bond acceptors (Lipinski definition) is 4. The predicted octanol–water partition coefficient (Wildman–Crippen LogP) is 2.69. The molecule has 5 rings (SSSR count). The van der Waals surface area contributed by atoms with Gasteiger partial charge in [-0.1, -0.05) is 12.2 Å². The molecule has 1 aromatic rings. The zero-order valence-corrected chi connectivity index (χ0v) is 15.0. The first-order valence-corrected chi connectivity index (χ1v) is 9.74. The topological polar surface area (TPSA) is 77.9 Å². The lowest BCUT2D eigenvalue weighted by atomic mass is 9.85. The number of carboxylic acid groups (broad SMARTS) is 1. The van der Waals surface area contributed by atoms with Crippen molar-refractivity contribution in [2.75, 3.05) is 22.9 Å². The number of carboxylic acids is 1. The van der Waals surface area contributed by atoms with E-state index in [2.05, 4.69) is 17.1 Å². The van der Waals surface area contributed by atoms with Gasteiger partial charge in [0.1, 0.15) is 0 Å². The molecule has 27 heavy (non-hydrogen) atoms. The average molecular weight is 366 g/mol. The van der Waals surface area contributed by atoms with Crippen molar-refractivity contribution in [1.29, 1.82) is 0 Å². The first-order chi connectivity index (χ1) is 13.1. The monoisotopic (exact) mass is 366 g/mol. The molecule has 2 aliphatic heterocycles. The first-order valence-electron chi connectivity index (χ1n) is 9.74. The summed E-state index contributed by atoms with van der Waals surface area (Å²) < 4.78 is 0. The summed E-state index contributed by atoms with van der Waals surface area (Å²) in [6.07, 6.45) is 8.30. The smallest absolute Gasteiger partial charge is 0.335 e. The highest BCUT2D eigenvalue weighted by molar-refractivity contribution is 6.24. The van der Waals surface area contributed by atoms with Gasteiger partial charge in [-0.05, 0) is 55.7 Å². The SMILES string of the molecule is O=C(O)c1ccc(N2CCCCC2)c(N2C(=O)[C@@H]3[C@@H](C2=O)[C@H]2C=C[C@@H]3C2)c1. The minimum absolute atomic E-state index is 0.101. The van der Waals surface area contributed by atoms with E-state index < -0.39 is 5.97 Å². The van der Waals surface area contributed by atoms with Crippen LogP contribution in [0.5, 0.6) is 0 Å². The van der Waals surface area contributed by atoms with Gasteiger partial charge < -0.3 is 10.0 Å². The van der Waals surface area contributed by atoms with E-state index in [0.717, 1.165) is 38.0 Å². The van der Waals surface area contributed by atoms with Crippen molar-refractivity contribution in [3.8, 4) is 0 Å². The van der Waals surface area contributed by atoms with E-state index in [1.54, 1.807) is 12.1 Å². The molecule has 0 spiro atoms. The molecule has 2 bridgehead atoms. The molecular weight excluding hydrogens is 344 g/mol. The van der Waals surface area contributed by atoms with Crippen molar-refractivity contribution in [2.45, 2.75) is 25.7 Å². The molecular formula is C21H22N2O4. The third-order valence-corrected chi connectivity index (χ3v) is 6.63. The summed E-state index contributed by atoms with van der Waals surface area (Å²) in [6, 6.07) is 4.82. The summed E-state index contributed by atoms with van der Waals surface area (Å²) in [4.78, 5) is 41.4. The fraction of sp³-hybridized carbons (Fsp3) is 0.476. The summed E-state index contributed by atoms with van der Waals surface area (Å²) >= 11 is 0. The molecule has 0 radical (unpaired) electrons. The van der Waals surface area contributed by atoms with Crippen LogP contribution in [0.25, 0.3) is 0 Å². The number of aromatic carboxylic acids is 1. The van der Waals surface area contributed by atoms with Crippen LogP contribution in [0.15, 0.2) is 30.4 Å². The van der Waals surface area contributed by atoms with Crippen LogP contribution >= 0.6 is 0 Å². The lowest BCUT2D eigenvalue weighted by molar-refractivity contribution is -0.123. The number of piperidine rings is 1. The Balaban J connectivity index is 1.59. The van der Waals surface area contributed by atoms with Crippen LogP contribution in [-0.2, 0) is 9.59 Å². The van der Waals surface area contributed by atoms with Crippen molar-refractivity contribution >= 4 is 29.2 Å². The molecule has 4 aliphatic rings. The van der Waals surface area contributed by atoms with Gasteiger partial charge in [0, 0.05) is 13.1 Å². The highest BCUT2D eigenvalue weighted by Gasteiger charge is 2.60. The number of imide groups is 1. The van der Waals surface area contributed by atoms with E-state index in [4.69, 9.17) is 0 Å². The Labute approximate surface area is 157 Å². The van der Waals surface area contributed by atoms with Gasteiger partial charge in [0.25, 0.3) is 0 Å². The molecule has 2 amide bonds. The van der Waals surface area contributed by atoms with E-state index in [9.17, 15) is 19.5 Å². The Morgan fingerprint density at radius 2 is 1.56 bits per heavy atom. The van der Waals surface area contributed by atoms with E-state index in [1.165, 1.54) is 17.4 Å². The molecule has 1 N–H and O–H groups in total. The average Bonchev–Trinajstić information content (AvgIpc) is 3.36. The second kappa shape index (κ2) is 5.94. The van der Waals surface area contributed by atoms with E-state index in [1.807, 2.05) is 0 Å². The number of allylic oxidation sites excluding steroid dienone is 2. The summed E-state index contributed by atoms with van der Waals surface area (Å²) in [5.41, 5.74) is 1.34. The Morgan fingerprint density at radius 1 is 0.926 bits per heavy atom. The summed E-state index contributed by atoms with van der Waals surface area (Å²) in [6.45, 7) is 1.71. The third-order valence-electron chi connectivity index (χ3n) is 6.63. The zero-order valence-electron chi connectivity index (χ0n) is 15.0. The van der Waals surface area contributed by atoms with E-state index in [-0.39, 0.29) is 41.0 Å². The fourth-order valence-electron chi connectivity index (χ4n) is 5.38. The Hall–Kier alpha value is -2.63. The van der Waals surface area contributed by atoms with Crippen LogP contribution in [0.1, 0.15) is 36.0 Å². The van der Waals surface area contributed by atoms with Crippen LogP contribution in [0, 0.1) is 23.7 Å². The minimum Gasteiger partial charge on any atom is -0.478 e. The highest BCUT2D eigenvalue weighted by atomic mass is 16.4. The molecule has 6 nitrogen and oxygen atoms in total.